The molecule has 0 amide bonds. The van der Waals surface area contributed by atoms with Gasteiger partial charge in [-0.25, -0.2) is 0 Å². The molecule has 33 heavy (non-hydrogen) atoms. The minimum absolute atomic E-state index is 0.00172. The van der Waals surface area contributed by atoms with Crippen LogP contribution in [0, 0.1) is 5.21 Å². The molecule has 0 spiro atoms. The summed E-state index contributed by atoms with van der Waals surface area (Å²) in [4.78, 5) is 9.24. The van der Waals surface area contributed by atoms with Gasteiger partial charge in [-0.05, 0) is 19.3 Å². The molecule has 2 N–H and O–H groups in total. The number of hydroxylamine groups is 3. The van der Waals surface area contributed by atoms with Crippen LogP contribution < -0.4 is 0 Å². The van der Waals surface area contributed by atoms with E-state index in [1.54, 1.807) is 6.08 Å². The number of allylic oxidation sites excluding steroid dienone is 1. The first-order valence-corrected chi connectivity index (χ1v) is 13.7. The van der Waals surface area contributed by atoms with Crippen LogP contribution in [0.25, 0.3) is 0 Å². The lowest BCUT2D eigenvalue weighted by Gasteiger charge is -2.22. The number of esters is 1. The Morgan fingerprint density at radius 1 is 0.758 bits per heavy atom. The Labute approximate surface area is 204 Å². The van der Waals surface area contributed by atoms with Gasteiger partial charge in [0.15, 0.2) is 0 Å². The Hall–Kier alpha value is -0.950. The predicted molar refractivity (Wildman–Crippen MR) is 137 cm³/mol. The van der Waals surface area contributed by atoms with E-state index in [4.69, 9.17) is 15.2 Å². The van der Waals surface area contributed by atoms with Crippen molar-refractivity contribution in [3.05, 3.63) is 17.9 Å². The van der Waals surface area contributed by atoms with Gasteiger partial charge >= 0.3 is 5.97 Å². The van der Waals surface area contributed by atoms with E-state index in [0.29, 0.717) is 25.9 Å². The summed E-state index contributed by atoms with van der Waals surface area (Å²) >= 11 is 0. The van der Waals surface area contributed by atoms with Crippen molar-refractivity contribution in [2.24, 2.45) is 0 Å². The summed E-state index contributed by atoms with van der Waals surface area (Å²) in [6.07, 6.45) is 25.8. The number of nitrogens with zero attached hydrogens (tertiary/aromatic N) is 1. The fourth-order valence-electron chi connectivity index (χ4n) is 3.48. The van der Waals surface area contributed by atoms with E-state index in [1.807, 2.05) is 0 Å². The molecule has 0 aromatic carbocycles. The molecule has 0 bridgehead atoms. The lowest BCUT2D eigenvalue weighted by atomic mass is 10.0. The maximum Gasteiger partial charge on any atom is 0.305 e. The zero-order chi connectivity index (χ0) is 25.0. The third kappa shape index (κ3) is 35.8. The number of ether oxygens (including phenoxy) is 1. The van der Waals surface area contributed by atoms with Gasteiger partial charge in [-0.15, -0.1) is 6.58 Å². The van der Waals surface area contributed by atoms with Gasteiger partial charge in [0.05, 0.1) is 6.61 Å². The number of carbonyl (C=O) groups is 1. The Morgan fingerprint density at radius 2 is 1.18 bits per heavy atom. The maximum atomic E-state index is 11.4. The van der Waals surface area contributed by atoms with Gasteiger partial charge in [-0.1, -0.05) is 121 Å². The molecule has 0 rings (SSSR count). The summed E-state index contributed by atoms with van der Waals surface area (Å²) in [5, 5.41) is 26.3. The zero-order valence-corrected chi connectivity index (χ0v) is 21.9. The van der Waals surface area contributed by atoms with Crippen LogP contribution in [0.15, 0.2) is 12.7 Å². The first-order chi connectivity index (χ1) is 15.9. The molecule has 0 aliphatic rings. The SMILES string of the molecule is C=CCCC[N+]([O-])(O)O.CCCCCCCCCCCCCCCCCC(=O)OCCCC. The summed E-state index contributed by atoms with van der Waals surface area (Å²) in [5.41, 5.74) is 0. The zero-order valence-electron chi connectivity index (χ0n) is 21.9. The second-order valence-electron chi connectivity index (χ2n) is 9.09. The molecule has 6 nitrogen and oxygen atoms in total. The predicted octanol–water partition coefficient (Wildman–Crippen LogP) is 8.64. The second kappa shape index (κ2) is 27.3. The fourth-order valence-corrected chi connectivity index (χ4v) is 3.48. The molecule has 0 saturated carbocycles. The van der Waals surface area contributed by atoms with Crippen molar-refractivity contribution in [2.75, 3.05) is 13.2 Å². The number of carbonyl (C=O) groups excluding carboxylic acids is 1. The van der Waals surface area contributed by atoms with Crippen LogP contribution in [0.2, 0.25) is 0 Å². The van der Waals surface area contributed by atoms with Gasteiger partial charge < -0.3 is 9.94 Å². The van der Waals surface area contributed by atoms with E-state index in [0.717, 1.165) is 19.3 Å². The lowest BCUT2D eigenvalue weighted by molar-refractivity contribution is -1.21. The van der Waals surface area contributed by atoms with Crippen LogP contribution >= 0.6 is 0 Å². The highest BCUT2D eigenvalue weighted by Crippen LogP contribution is 2.13. The van der Waals surface area contributed by atoms with Gasteiger partial charge in [-0.2, -0.15) is 10.4 Å². The van der Waals surface area contributed by atoms with Gasteiger partial charge in [0, 0.05) is 12.8 Å². The van der Waals surface area contributed by atoms with Crippen LogP contribution in [0.3, 0.4) is 0 Å². The Bertz CT molecular complexity index is 410. The van der Waals surface area contributed by atoms with Crippen molar-refractivity contribution < 1.29 is 24.9 Å². The van der Waals surface area contributed by atoms with Crippen molar-refractivity contribution >= 4 is 5.97 Å². The average Bonchev–Trinajstić information content (AvgIpc) is 2.76. The standard InChI is InChI=1S/C22H44O2.C5H11NO3/c1-3-5-7-8-9-10-11-12-13-14-15-16-17-18-19-20-22(23)24-21-6-4-2;1-2-3-4-5-6(7,8)9/h3-21H2,1-2H3;2,7-8H,1,3-5H2. The molecule has 0 aromatic heterocycles. The first kappa shape index (κ1) is 34.2. The van der Waals surface area contributed by atoms with Crippen molar-refractivity contribution in [3.63, 3.8) is 0 Å². The van der Waals surface area contributed by atoms with E-state index in [1.165, 1.54) is 89.9 Å². The minimum atomic E-state index is -2.19. The number of hydrogen-bond acceptors (Lipinski definition) is 5. The lowest BCUT2D eigenvalue weighted by Crippen LogP contribution is -2.34. The fraction of sp³-hybridized carbons (Fsp3) is 0.889. The van der Waals surface area contributed by atoms with Crippen LogP contribution in [0.1, 0.15) is 142 Å². The molecular weight excluding hydrogens is 418 g/mol. The van der Waals surface area contributed by atoms with E-state index in [9.17, 15) is 10.0 Å². The maximum absolute atomic E-state index is 11.4. The summed E-state index contributed by atoms with van der Waals surface area (Å²) < 4.78 is 5.16. The second-order valence-corrected chi connectivity index (χ2v) is 9.09. The van der Waals surface area contributed by atoms with Crippen LogP contribution in [-0.4, -0.2) is 34.5 Å². The number of quaternary nitrogens is 1. The van der Waals surface area contributed by atoms with Crippen molar-refractivity contribution in [1.82, 2.24) is 0 Å². The quantitative estimate of drug-likeness (QED) is 0.0509. The van der Waals surface area contributed by atoms with Crippen molar-refractivity contribution in [1.29, 1.82) is 0 Å². The molecular formula is C27H55NO5. The van der Waals surface area contributed by atoms with Gasteiger partial charge in [-0.3, -0.25) is 4.79 Å². The van der Waals surface area contributed by atoms with E-state index < -0.39 is 4.97 Å². The van der Waals surface area contributed by atoms with Crippen LogP contribution in [-0.2, 0) is 9.53 Å². The molecule has 0 heterocycles. The van der Waals surface area contributed by atoms with Gasteiger partial charge in [0.2, 0.25) is 0 Å². The number of rotatable bonds is 23. The summed E-state index contributed by atoms with van der Waals surface area (Å²) in [7, 11) is 0. The van der Waals surface area contributed by atoms with E-state index in [-0.39, 0.29) is 12.5 Å². The first-order valence-electron chi connectivity index (χ1n) is 13.7. The van der Waals surface area contributed by atoms with Gasteiger partial charge in [0.1, 0.15) is 6.54 Å². The largest absolute Gasteiger partial charge is 0.564 e. The van der Waals surface area contributed by atoms with Crippen LogP contribution in [0.4, 0.5) is 0 Å². The molecule has 0 atom stereocenters. The number of hydrogen-bond donors (Lipinski definition) is 2. The molecule has 0 fully saturated rings. The Kier molecular flexibility index (Phi) is 28.3. The summed E-state index contributed by atoms with van der Waals surface area (Å²) in [5.74, 6) is -0.00172. The molecule has 0 radical (unpaired) electrons. The normalized spacial score (nSPS) is 11.1. The van der Waals surface area contributed by atoms with E-state index >= 15 is 0 Å². The molecule has 0 aliphatic heterocycles. The van der Waals surface area contributed by atoms with Gasteiger partial charge in [0.25, 0.3) is 0 Å². The third-order valence-electron chi connectivity index (χ3n) is 5.60. The topological polar surface area (TPSA) is 89.8 Å². The highest BCUT2D eigenvalue weighted by Gasteiger charge is 2.05. The highest BCUT2D eigenvalue weighted by atomic mass is 17.1. The number of unbranched alkanes of at least 4 members (excludes halogenated alkanes) is 16. The highest BCUT2D eigenvalue weighted by molar-refractivity contribution is 5.69. The summed E-state index contributed by atoms with van der Waals surface area (Å²) in [6, 6.07) is 0. The Morgan fingerprint density at radius 3 is 1.58 bits per heavy atom. The molecule has 6 heteroatoms. The minimum Gasteiger partial charge on any atom is -0.564 e. The molecule has 0 aromatic rings. The molecule has 0 unspecified atom stereocenters. The van der Waals surface area contributed by atoms with Crippen LogP contribution in [0.5, 0.6) is 0 Å². The van der Waals surface area contributed by atoms with E-state index in [2.05, 4.69) is 20.4 Å². The third-order valence-corrected chi connectivity index (χ3v) is 5.60. The molecule has 0 saturated heterocycles. The average molecular weight is 474 g/mol. The molecule has 0 aliphatic carbocycles. The molecule has 198 valence electrons. The smallest absolute Gasteiger partial charge is 0.305 e. The van der Waals surface area contributed by atoms with Crippen molar-refractivity contribution in [3.8, 4) is 0 Å². The Balaban J connectivity index is 0. The van der Waals surface area contributed by atoms with Crippen molar-refractivity contribution in [2.45, 2.75) is 142 Å². The summed E-state index contributed by atoms with van der Waals surface area (Å²) in [6.45, 7) is 8.20. The monoisotopic (exact) mass is 473 g/mol.